The molecule has 1 saturated heterocycles. The molecule has 1 fully saturated rings. The largest absolute Gasteiger partial charge is 0.361 e. The standard InChI is InChI=1S/C19H18ClNO4/c20-14-10-8-13(9-11-14)19(23)16-6-2-1-5-15(16)18(22)21(19)25-17-7-3-4-12-24-17/h1-2,5-6,8-11,17,23H,3-4,7,12H2/t17?,19-/m0/s1. The lowest BCUT2D eigenvalue weighted by Gasteiger charge is -2.36. The molecule has 0 bridgehead atoms. The molecule has 2 aliphatic heterocycles. The summed E-state index contributed by atoms with van der Waals surface area (Å²) in [5, 5.41) is 13.1. The molecule has 1 unspecified atom stereocenters. The third kappa shape index (κ3) is 2.73. The van der Waals surface area contributed by atoms with Gasteiger partial charge in [0.25, 0.3) is 5.91 Å². The lowest BCUT2D eigenvalue weighted by molar-refractivity contribution is -0.324. The Labute approximate surface area is 150 Å². The molecule has 0 radical (unpaired) electrons. The number of carbonyl (C=O) groups excluding carboxylic acids is 1. The predicted molar refractivity (Wildman–Crippen MR) is 91.7 cm³/mol. The molecule has 2 atom stereocenters. The molecule has 1 amide bonds. The van der Waals surface area contributed by atoms with E-state index in [4.69, 9.17) is 21.2 Å². The van der Waals surface area contributed by atoms with E-state index in [1.165, 1.54) is 0 Å². The highest BCUT2D eigenvalue weighted by Crippen LogP contribution is 2.43. The first kappa shape index (κ1) is 16.5. The van der Waals surface area contributed by atoms with E-state index >= 15 is 0 Å². The van der Waals surface area contributed by atoms with Crippen LogP contribution in [0.1, 0.15) is 40.7 Å². The fourth-order valence-electron chi connectivity index (χ4n) is 3.33. The van der Waals surface area contributed by atoms with Crippen LogP contribution in [0.4, 0.5) is 0 Å². The van der Waals surface area contributed by atoms with Gasteiger partial charge in [0.05, 0.1) is 5.56 Å². The molecule has 6 heteroatoms. The zero-order valence-corrected chi connectivity index (χ0v) is 14.3. The predicted octanol–water partition coefficient (Wildman–Crippen LogP) is 3.45. The molecule has 4 rings (SSSR count). The second kappa shape index (κ2) is 6.42. The van der Waals surface area contributed by atoms with Crippen LogP contribution in [0.5, 0.6) is 0 Å². The van der Waals surface area contributed by atoms with Gasteiger partial charge in [-0.05, 0) is 31.0 Å². The Hall–Kier alpha value is -1.92. The number of halogens is 1. The third-order valence-electron chi connectivity index (χ3n) is 4.62. The number of hydroxylamine groups is 2. The molecule has 25 heavy (non-hydrogen) atoms. The van der Waals surface area contributed by atoms with Gasteiger partial charge < -0.3 is 9.84 Å². The minimum Gasteiger partial charge on any atom is -0.361 e. The molecule has 0 aliphatic carbocycles. The van der Waals surface area contributed by atoms with Crippen molar-refractivity contribution in [2.24, 2.45) is 0 Å². The van der Waals surface area contributed by atoms with Gasteiger partial charge in [0.2, 0.25) is 5.72 Å². The van der Waals surface area contributed by atoms with Crippen molar-refractivity contribution in [3.63, 3.8) is 0 Å². The van der Waals surface area contributed by atoms with E-state index in [9.17, 15) is 9.90 Å². The summed E-state index contributed by atoms with van der Waals surface area (Å²) in [6.45, 7) is 0.582. The first-order valence-corrected chi connectivity index (χ1v) is 8.69. The number of nitrogens with zero attached hydrogens (tertiary/aromatic N) is 1. The van der Waals surface area contributed by atoms with Crippen LogP contribution in [-0.2, 0) is 15.3 Å². The Balaban J connectivity index is 1.78. The van der Waals surface area contributed by atoms with Crippen molar-refractivity contribution in [1.29, 1.82) is 0 Å². The first-order chi connectivity index (χ1) is 12.1. The Kier molecular flexibility index (Phi) is 4.25. The third-order valence-corrected chi connectivity index (χ3v) is 4.87. The number of fused-ring (bicyclic) bond motifs is 1. The van der Waals surface area contributed by atoms with Crippen molar-refractivity contribution in [2.75, 3.05) is 6.61 Å². The maximum Gasteiger partial charge on any atom is 0.281 e. The summed E-state index contributed by atoms with van der Waals surface area (Å²) in [6.07, 6.45) is 2.05. The molecule has 2 aromatic rings. The van der Waals surface area contributed by atoms with E-state index in [-0.39, 0.29) is 5.91 Å². The minimum atomic E-state index is -1.72. The Morgan fingerprint density at radius 3 is 2.64 bits per heavy atom. The second-order valence-corrected chi connectivity index (χ2v) is 6.66. The highest BCUT2D eigenvalue weighted by molar-refractivity contribution is 6.30. The number of amides is 1. The van der Waals surface area contributed by atoms with Crippen molar-refractivity contribution in [2.45, 2.75) is 31.3 Å². The summed E-state index contributed by atoms with van der Waals surface area (Å²) < 4.78 is 5.59. The minimum absolute atomic E-state index is 0.387. The van der Waals surface area contributed by atoms with Gasteiger partial charge in [0.15, 0.2) is 6.29 Å². The first-order valence-electron chi connectivity index (χ1n) is 8.31. The smallest absolute Gasteiger partial charge is 0.281 e. The van der Waals surface area contributed by atoms with Gasteiger partial charge in [0.1, 0.15) is 0 Å². The number of ether oxygens (including phenoxy) is 1. The quantitative estimate of drug-likeness (QED) is 0.912. The Morgan fingerprint density at radius 1 is 1.16 bits per heavy atom. The zero-order chi connectivity index (χ0) is 17.4. The number of aliphatic hydroxyl groups is 1. The molecular formula is C19H18ClNO4. The van der Waals surface area contributed by atoms with Gasteiger partial charge in [-0.15, -0.1) is 0 Å². The maximum atomic E-state index is 12.9. The van der Waals surface area contributed by atoms with Gasteiger partial charge in [-0.2, -0.15) is 5.06 Å². The maximum absolute atomic E-state index is 12.9. The SMILES string of the molecule is O=C1c2ccccc2[C@@](O)(c2ccc(Cl)cc2)N1OC1CCCCO1. The van der Waals surface area contributed by atoms with Crippen LogP contribution in [0, 0.1) is 0 Å². The van der Waals surface area contributed by atoms with Crippen LogP contribution in [0.15, 0.2) is 48.5 Å². The van der Waals surface area contributed by atoms with Crippen molar-refractivity contribution in [1.82, 2.24) is 5.06 Å². The number of benzene rings is 2. The molecule has 5 nitrogen and oxygen atoms in total. The molecular weight excluding hydrogens is 342 g/mol. The van der Waals surface area contributed by atoms with Gasteiger partial charge in [-0.1, -0.05) is 41.9 Å². The molecule has 0 spiro atoms. The highest BCUT2D eigenvalue weighted by Gasteiger charge is 2.52. The fraction of sp³-hybridized carbons (Fsp3) is 0.316. The van der Waals surface area contributed by atoms with Crippen LogP contribution in [0.3, 0.4) is 0 Å². The van der Waals surface area contributed by atoms with Crippen LogP contribution in [0.2, 0.25) is 5.02 Å². The molecule has 2 heterocycles. The summed E-state index contributed by atoms with van der Waals surface area (Å²) >= 11 is 5.97. The van der Waals surface area contributed by atoms with E-state index in [0.717, 1.165) is 17.9 Å². The lowest BCUT2D eigenvalue weighted by atomic mass is 9.94. The second-order valence-electron chi connectivity index (χ2n) is 6.23. The van der Waals surface area contributed by atoms with E-state index in [1.54, 1.807) is 48.5 Å². The van der Waals surface area contributed by atoms with E-state index in [2.05, 4.69) is 0 Å². The lowest BCUT2D eigenvalue weighted by Crippen LogP contribution is -2.47. The summed E-state index contributed by atoms with van der Waals surface area (Å²) in [5.41, 5.74) is -0.320. The molecule has 2 aromatic carbocycles. The summed E-state index contributed by atoms with van der Waals surface area (Å²) in [6, 6.07) is 13.7. The van der Waals surface area contributed by atoms with Crippen molar-refractivity contribution < 1.29 is 19.5 Å². The molecule has 0 saturated carbocycles. The fourth-order valence-corrected chi connectivity index (χ4v) is 3.46. The normalized spacial score (nSPS) is 25.9. The number of rotatable bonds is 3. The summed E-state index contributed by atoms with van der Waals surface area (Å²) in [4.78, 5) is 18.7. The van der Waals surface area contributed by atoms with E-state index in [1.807, 2.05) is 0 Å². The number of hydrogen-bond acceptors (Lipinski definition) is 4. The number of hydrogen-bond donors (Lipinski definition) is 1. The molecule has 2 aliphatic rings. The van der Waals surface area contributed by atoms with Crippen LogP contribution in [-0.4, -0.2) is 29.0 Å². The van der Waals surface area contributed by atoms with Crippen molar-refractivity contribution >= 4 is 17.5 Å². The topological polar surface area (TPSA) is 59.0 Å². The Bertz CT molecular complexity index is 788. The van der Waals surface area contributed by atoms with Crippen LogP contribution in [0.25, 0.3) is 0 Å². The van der Waals surface area contributed by atoms with E-state index in [0.29, 0.717) is 34.7 Å². The average Bonchev–Trinajstić information content (AvgIpc) is 2.86. The summed E-state index contributed by atoms with van der Waals surface area (Å²) in [5.74, 6) is -0.387. The van der Waals surface area contributed by atoms with Gasteiger partial charge in [-0.25, -0.2) is 4.84 Å². The van der Waals surface area contributed by atoms with Crippen LogP contribution >= 0.6 is 11.6 Å². The van der Waals surface area contributed by atoms with Gasteiger partial charge >= 0.3 is 0 Å². The van der Waals surface area contributed by atoms with Gasteiger partial charge in [0, 0.05) is 29.2 Å². The zero-order valence-electron chi connectivity index (χ0n) is 13.5. The van der Waals surface area contributed by atoms with Gasteiger partial charge in [-0.3, -0.25) is 4.79 Å². The molecule has 0 aromatic heterocycles. The highest BCUT2D eigenvalue weighted by atomic mass is 35.5. The van der Waals surface area contributed by atoms with Crippen LogP contribution < -0.4 is 0 Å². The van der Waals surface area contributed by atoms with Crippen molar-refractivity contribution in [3.8, 4) is 0 Å². The van der Waals surface area contributed by atoms with Crippen molar-refractivity contribution in [3.05, 3.63) is 70.2 Å². The average molecular weight is 360 g/mol. The van der Waals surface area contributed by atoms with E-state index < -0.39 is 12.0 Å². The molecule has 130 valence electrons. The number of carbonyl (C=O) groups is 1. The monoisotopic (exact) mass is 359 g/mol. The molecule has 1 N–H and O–H groups in total. The Morgan fingerprint density at radius 2 is 1.92 bits per heavy atom. The summed E-state index contributed by atoms with van der Waals surface area (Å²) in [7, 11) is 0.